The quantitative estimate of drug-likeness (QED) is 0.563. The van der Waals surface area contributed by atoms with Crippen molar-refractivity contribution >= 4 is 11.6 Å². The van der Waals surface area contributed by atoms with Gasteiger partial charge in [-0.2, -0.15) is 0 Å². The van der Waals surface area contributed by atoms with Gasteiger partial charge in [0.1, 0.15) is 18.2 Å². The van der Waals surface area contributed by atoms with Gasteiger partial charge in [0.25, 0.3) is 0 Å². The lowest BCUT2D eigenvalue weighted by Gasteiger charge is -1.90. The molecule has 4 heteroatoms. The summed E-state index contributed by atoms with van der Waals surface area (Å²) in [6.07, 6.45) is 1.23. The molecule has 0 N–H and O–H groups in total. The highest BCUT2D eigenvalue weighted by atomic mass is 35.5. The largest absolute Gasteiger partial charge is 0.244 e. The van der Waals surface area contributed by atoms with Crippen LogP contribution in [0.1, 0.15) is 5.69 Å². The molecule has 1 aromatic heterocycles. The van der Waals surface area contributed by atoms with E-state index in [1.165, 1.54) is 12.4 Å². The third-order valence-corrected chi connectivity index (χ3v) is 1.03. The van der Waals surface area contributed by atoms with Crippen molar-refractivity contribution in [3.63, 3.8) is 0 Å². The molecule has 48 valence electrons. The van der Waals surface area contributed by atoms with Crippen LogP contribution in [-0.2, 0) is 6.67 Å². The molecule has 1 heterocycles. The Hall–Kier alpha value is -0.700. The van der Waals surface area contributed by atoms with Crippen LogP contribution in [0.3, 0.4) is 0 Å². The average Bonchev–Trinajstić information content (AvgIpc) is 1.88. The highest BCUT2D eigenvalue weighted by Crippen LogP contribution is 2.04. The van der Waals surface area contributed by atoms with Gasteiger partial charge in [-0.3, -0.25) is 0 Å². The molecule has 0 radical (unpaired) electrons. The summed E-state index contributed by atoms with van der Waals surface area (Å²) in [6.45, 7) is -0.595. The van der Waals surface area contributed by atoms with Gasteiger partial charge in [0.2, 0.25) is 0 Å². The molecule has 0 atom stereocenters. The van der Waals surface area contributed by atoms with Crippen LogP contribution in [0.25, 0.3) is 0 Å². The summed E-state index contributed by atoms with van der Waals surface area (Å²) in [5.74, 6) is 0. The van der Waals surface area contributed by atoms with E-state index in [1.54, 1.807) is 0 Å². The maximum atomic E-state index is 11.8. The van der Waals surface area contributed by atoms with E-state index in [1.807, 2.05) is 0 Å². The van der Waals surface area contributed by atoms with Crippen molar-refractivity contribution < 1.29 is 4.39 Å². The fourth-order valence-electron chi connectivity index (χ4n) is 0.443. The van der Waals surface area contributed by atoms with Crippen LogP contribution in [0.4, 0.5) is 4.39 Å². The summed E-state index contributed by atoms with van der Waals surface area (Å²) >= 11 is 5.41. The van der Waals surface area contributed by atoms with Crippen molar-refractivity contribution in [2.75, 3.05) is 0 Å². The van der Waals surface area contributed by atoms with Gasteiger partial charge < -0.3 is 0 Å². The fraction of sp³-hybridized carbons (Fsp3) is 0.200. The van der Waals surface area contributed by atoms with Crippen LogP contribution in [-0.4, -0.2) is 9.97 Å². The first-order valence-electron chi connectivity index (χ1n) is 2.35. The van der Waals surface area contributed by atoms with E-state index in [4.69, 9.17) is 11.6 Å². The predicted octanol–water partition coefficient (Wildman–Crippen LogP) is 1.60. The first-order valence-corrected chi connectivity index (χ1v) is 2.73. The lowest BCUT2D eigenvalue weighted by molar-refractivity contribution is 0.475. The Labute approximate surface area is 56.7 Å². The number of rotatable bonds is 1. The number of hydrogen-bond donors (Lipinski definition) is 0. The Morgan fingerprint density at radius 2 is 2.33 bits per heavy atom. The first kappa shape index (κ1) is 6.42. The Morgan fingerprint density at radius 3 is 2.78 bits per heavy atom. The van der Waals surface area contributed by atoms with E-state index < -0.39 is 6.67 Å². The van der Waals surface area contributed by atoms with E-state index in [0.717, 1.165) is 0 Å². The van der Waals surface area contributed by atoms with Crippen LogP contribution in [0.5, 0.6) is 0 Å². The van der Waals surface area contributed by atoms with Gasteiger partial charge in [-0.15, -0.1) is 0 Å². The third kappa shape index (κ3) is 1.61. The number of aromatic nitrogens is 2. The Bertz CT molecular complexity index is 204. The summed E-state index contributed by atoms with van der Waals surface area (Å²) < 4.78 is 11.8. The maximum absolute atomic E-state index is 11.8. The zero-order valence-corrected chi connectivity index (χ0v) is 5.27. The molecule has 0 aromatic carbocycles. The second-order valence-corrected chi connectivity index (χ2v) is 1.85. The molecule has 0 bridgehead atoms. The molecule has 0 saturated carbocycles. The Kier molecular flexibility index (Phi) is 1.95. The Balaban J connectivity index is 2.94. The molecule has 1 rings (SSSR count). The minimum atomic E-state index is -0.595. The number of alkyl halides is 1. The van der Waals surface area contributed by atoms with Gasteiger partial charge in [0.15, 0.2) is 0 Å². The monoisotopic (exact) mass is 146 g/mol. The zero-order valence-electron chi connectivity index (χ0n) is 4.51. The van der Waals surface area contributed by atoms with Crippen LogP contribution < -0.4 is 0 Å². The molecule has 9 heavy (non-hydrogen) atoms. The summed E-state index contributed by atoms with van der Waals surface area (Å²) in [4.78, 5) is 7.16. The molecule has 0 amide bonds. The van der Waals surface area contributed by atoms with Crippen LogP contribution in [0.2, 0.25) is 5.15 Å². The van der Waals surface area contributed by atoms with Gasteiger partial charge >= 0.3 is 0 Å². The third-order valence-electron chi connectivity index (χ3n) is 0.827. The average molecular weight is 147 g/mol. The molecule has 0 saturated heterocycles. The molecule has 0 aliphatic rings. The number of nitrogens with zero attached hydrogens (tertiary/aromatic N) is 2. The number of halogens is 2. The van der Waals surface area contributed by atoms with E-state index >= 15 is 0 Å². The van der Waals surface area contributed by atoms with Gasteiger partial charge in [0, 0.05) is 0 Å². The predicted molar refractivity (Wildman–Crippen MR) is 31.9 cm³/mol. The fourth-order valence-corrected chi connectivity index (χ4v) is 0.613. The molecular formula is C5H4ClFN2. The molecular weight excluding hydrogens is 143 g/mol. The Morgan fingerprint density at radius 1 is 1.56 bits per heavy atom. The second-order valence-electron chi connectivity index (χ2n) is 1.47. The van der Waals surface area contributed by atoms with Gasteiger partial charge in [0.05, 0.1) is 5.69 Å². The summed E-state index contributed by atoms with van der Waals surface area (Å²) in [6, 6.07) is 1.39. The minimum Gasteiger partial charge on any atom is -0.244 e. The standard InChI is InChI=1S/C5H4ClFN2/c6-5-1-4(2-7)8-3-9-5/h1,3H,2H2. The summed E-state index contributed by atoms with van der Waals surface area (Å²) in [7, 11) is 0. The lowest BCUT2D eigenvalue weighted by atomic mass is 10.4. The van der Waals surface area contributed by atoms with Crippen molar-refractivity contribution in [2.24, 2.45) is 0 Å². The van der Waals surface area contributed by atoms with E-state index in [2.05, 4.69) is 9.97 Å². The van der Waals surface area contributed by atoms with Gasteiger partial charge in [-0.05, 0) is 6.07 Å². The van der Waals surface area contributed by atoms with Crippen molar-refractivity contribution in [3.8, 4) is 0 Å². The van der Waals surface area contributed by atoms with E-state index in [9.17, 15) is 4.39 Å². The first-order chi connectivity index (χ1) is 4.33. The summed E-state index contributed by atoms with van der Waals surface area (Å²) in [5, 5.41) is 0.276. The van der Waals surface area contributed by atoms with Crippen molar-refractivity contribution in [1.29, 1.82) is 0 Å². The van der Waals surface area contributed by atoms with Gasteiger partial charge in [-0.1, -0.05) is 11.6 Å². The summed E-state index contributed by atoms with van der Waals surface area (Å²) in [5.41, 5.74) is 0.315. The van der Waals surface area contributed by atoms with Crippen molar-refractivity contribution in [3.05, 3.63) is 23.2 Å². The van der Waals surface area contributed by atoms with E-state index in [-0.39, 0.29) is 5.15 Å². The molecule has 0 fully saturated rings. The van der Waals surface area contributed by atoms with Crippen LogP contribution in [0, 0.1) is 0 Å². The van der Waals surface area contributed by atoms with Crippen molar-refractivity contribution in [1.82, 2.24) is 9.97 Å². The highest BCUT2D eigenvalue weighted by Gasteiger charge is 1.92. The molecule has 0 spiro atoms. The van der Waals surface area contributed by atoms with Crippen LogP contribution >= 0.6 is 11.6 Å². The number of hydrogen-bond acceptors (Lipinski definition) is 2. The normalized spacial score (nSPS) is 9.56. The highest BCUT2D eigenvalue weighted by molar-refractivity contribution is 6.29. The molecule has 0 aliphatic carbocycles. The van der Waals surface area contributed by atoms with E-state index in [0.29, 0.717) is 5.69 Å². The maximum Gasteiger partial charge on any atom is 0.132 e. The van der Waals surface area contributed by atoms with Gasteiger partial charge in [-0.25, -0.2) is 14.4 Å². The molecule has 0 aliphatic heterocycles. The lowest BCUT2D eigenvalue weighted by Crippen LogP contribution is -1.85. The smallest absolute Gasteiger partial charge is 0.132 e. The molecule has 0 unspecified atom stereocenters. The van der Waals surface area contributed by atoms with Crippen LogP contribution in [0.15, 0.2) is 12.4 Å². The topological polar surface area (TPSA) is 25.8 Å². The minimum absolute atomic E-state index is 0.276. The molecule has 1 aromatic rings. The van der Waals surface area contributed by atoms with Crippen molar-refractivity contribution in [2.45, 2.75) is 6.67 Å². The second kappa shape index (κ2) is 2.73. The molecule has 2 nitrogen and oxygen atoms in total. The SMILES string of the molecule is FCc1cc(Cl)ncn1. The zero-order chi connectivity index (χ0) is 6.69.